The Kier molecular flexibility index (Phi) is 10.4. The number of aliphatic hydroxyl groups is 1. The predicted octanol–water partition coefficient (Wildman–Crippen LogP) is 7.63. The fourth-order valence-corrected chi connectivity index (χ4v) is 12.8. The van der Waals surface area contributed by atoms with Gasteiger partial charge in [-0.3, -0.25) is 14.4 Å². The molecule has 6 atom stereocenters. The Morgan fingerprint density at radius 3 is 2.08 bits per heavy atom. The van der Waals surface area contributed by atoms with Crippen molar-refractivity contribution in [1.82, 2.24) is 0 Å². The number of rotatable bonds is 16. The SMILES string of the molecule is CCCC(C)(CCCC(CCCC(C)C(=O)OC12CC3CC(CC(O)(C3)C1)C2)C(=O)OC1CCOC1=O)C(=O)OC1(C)C2CC3CC(C2)CC1C3. The molecule has 1 N–H and O–H groups in total. The van der Waals surface area contributed by atoms with E-state index < -0.39 is 40.6 Å². The first-order valence-electron chi connectivity index (χ1n) is 20.8. The van der Waals surface area contributed by atoms with E-state index in [2.05, 4.69) is 13.8 Å². The fourth-order valence-electron chi connectivity index (χ4n) is 12.8. The summed E-state index contributed by atoms with van der Waals surface area (Å²) in [7, 11) is 0. The first-order chi connectivity index (χ1) is 24.2. The maximum absolute atomic E-state index is 14.1. The van der Waals surface area contributed by atoms with E-state index in [9.17, 15) is 24.3 Å². The lowest BCUT2D eigenvalue weighted by atomic mass is 9.50. The average molecular weight is 713 g/mol. The Labute approximate surface area is 305 Å². The topological polar surface area (TPSA) is 125 Å². The second-order valence-electron chi connectivity index (χ2n) is 19.3. The predicted molar refractivity (Wildman–Crippen MR) is 189 cm³/mol. The number of hydrogen-bond donors (Lipinski definition) is 1. The lowest BCUT2D eigenvalue weighted by molar-refractivity contribution is -0.222. The maximum Gasteiger partial charge on any atom is 0.347 e. The molecule has 1 aliphatic heterocycles. The Balaban J connectivity index is 0.941. The molecule has 286 valence electrons. The zero-order valence-corrected chi connectivity index (χ0v) is 31.8. The summed E-state index contributed by atoms with van der Waals surface area (Å²) in [6.07, 6.45) is 15.7. The molecule has 1 heterocycles. The maximum atomic E-state index is 14.1. The van der Waals surface area contributed by atoms with Crippen LogP contribution in [-0.2, 0) is 38.1 Å². The monoisotopic (exact) mass is 712 g/mol. The van der Waals surface area contributed by atoms with Crippen LogP contribution in [0.4, 0.5) is 0 Å². The summed E-state index contributed by atoms with van der Waals surface area (Å²) in [6.45, 7) is 8.49. The van der Waals surface area contributed by atoms with E-state index in [1.807, 2.05) is 13.8 Å². The Morgan fingerprint density at radius 2 is 1.49 bits per heavy atom. The van der Waals surface area contributed by atoms with Gasteiger partial charge in [-0.25, -0.2) is 4.79 Å². The summed E-state index contributed by atoms with van der Waals surface area (Å²) in [4.78, 5) is 53.1. The molecule has 9 rings (SSSR count). The number of ether oxygens (including phenoxy) is 4. The van der Waals surface area contributed by atoms with Crippen LogP contribution in [0.1, 0.15) is 156 Å². The van der Waals surface area contributed by atoms with Crippen molar-refractivity contribution in [3.8, 4) is 0 Å². The molecule has 0 amide bonds. The summed E-state index contributed by atoms with van der Waals surface area (Å²) in [5.41, 5.74) is -2.25. The van der Waals surface area contributed by atoms with E-state index in [-0.39, 0.29) is 30.1 Å². The van der Waals surface area contributed by atoms with Crippen molar-refractivity contribution in [3.05, 3.63) is 0 Å². The third kappa shape index (κ3) is 7.62. The third-order valence-corrected chi connectivity index (χ3v) is 15.0. The van der Waals surface area contributed by atoms with Gasteiger partial charge in [-0.2, -0.15) is 0 Å². The minimum atomic E-state index is -0.869. The standard InChI is InChI=1S/C42H64O9/c1-5-12-39(3,38(46)51-40(4)32-17-27-15-28(19-32)20-33(40)18-27)13-7-10-31(36(44)49-34-11-14-48-37(34)45)9-6-8-26(2)35(43)50-42-23-29-16-30(24-42)22-41(47,21-29)25-42/h26-34,47H,5-25H2,1-4H3. The minimum Gasteiger partial charge on any atom is -0.463 e. The van der Waals surface area contributed by atoms with Gasteiger partial charge in [-0.15, -0.1) is 0 Å². The lowest BCUT2D eigenvalue weighted by Gasteiger charge is -2.59. The van der Waals surface area contributed by atoms with Crippen molar-refractivity contribution in [1.29, 1.82) is 0 Å². The number of carbonyl (C=O) groups is 4. The second kappa shape index (κ2) is 14.2. The van der Waals surface area contributed by atoms with Gasteiger partial charge < -0.3 is 24.1 Å². The van der Waals surface area contributed by atoms with Gasteiger partial charge in [0.1, 0.15) is 11.2 Å². The van der Waals surface area contributed by atoms with Gasteiger partial charge in [-0.1, -0.05) is 33.1 Å². The van der Waals surface area contributed by atoms with Crippen LogP contribution in [0.2, 0.25) is 0 Å². The summed E-state index contributed by atoms with van der Waals surface area (Å²) < 4.78 is 23.6. The van der Waals surface area contributed by atoms with Crippen LogP contribution in [0, 0.1) is 52.8 Å². The van der Waals surface area contributed by atoms with E-state index in [4.69, 9.17) is 18.9 Å². The van der Waals surface area contributed by atoms with Gasteiger partial charge in [0.25, 0.3) is 0 Å². The zero-order chi connectivity index (χ0) is 36.2. The van der Waals surface area contributed by atoms with Crippen LogP contribution in [0.3, 0.4) is 0 Å². The van der Waals surface area contributed by atoms with Gasteiger partial charge in [0, 0.05) is 12.8 Å². The highest BCUT2D eigenvalue weighted by Crippen LogP contribution is 2.61. The lowest BCUT2D eigenvalue weighted by Crippen LogP contribution is -2.60. The van der Waals surface area contributed by atoms with Crippen molar-refractivity contribution >= 4 is 23.9 Å². The molecule has 9 heteroatoms. The van der Waals surface area contributed by atoms with Gasteiger partial charge in [-0.05, 0) is 146 Å². The van der Waals surface area contributed by atoms with Gasteiger partial charge in [0.15, 0.2) is 0 Å². The average Bonchev–Trinajstić information content (AvgIpc) is 3.44. The molecular weight excluding hydrogens is 648 g/mol. The largest absolute Gasteiger partial charge is 0.463 e. The van der Waals surface area contributed by atoms with Gasteiger partial charge >= 0.3 is 23.9 Å². The molecule has 8 saturated carbocycles. The van der Waals surface area contributed by atoms with Gasteiger partial charge in [0.2, 0.25) is 6.10 Å². The molecule has 0 aromatic heterocycles. The van der Waals surface area contributed by atoms with Crippen LogP contribution < -0.4 is 0 Å². The van der Waals surface area contributed by atoms with E-state index in [1.165, 1.54) is 32.1 Å². The van der Waals surface area contributed by atoms with Crippen molar-refractivity contribution in [3.63, 3.8) is 0 Å². The summed E-state index contributed by atoms with van der Waals surface area (Å²) in [6, 6.07) is 0. The van der Waals surface area contributed by atoms with Crippen LogP contribution in [0.5, 0.6) is 0 Å². The quantitative estimate of drug-likeness (QED) is 0.127. The number of carbonyl (C=O) groups excluding carboxylic acids is 4. The smallest absolute Gasteiger partial charge is 0.347 e. The minimum absolute atomic E-state index is 0.0920. The van der Waals surface area contributed by atoms with E-state index in [1.54, 1.807) is 0 Å². The van der Waals surface area contributed by atoms with Crippen molar-refractivity contribution in [2.75, 3.05) is 6.61 Å². The highest BCUT2D eigenvalue weighted by atomic mass is 16.6. The van der Waals surface area contributed by atoms with Crippen molar-refractivity contribution in [2.45, 2.75) is 179 Å². The first kappa shape index (κ1) is 37.2. The van der Waals surface area contributed by atoms with Crippen molar-refractivity contribution in [2.24, 2.45) is 52.8 Å². The molecule has 8 bridgehead atoms. The van der Waals surface area contributed by atoms with E-state index in [0.29, 0.717) is 75.0 Å². The van der Waals surface area contributed by atoms with Crippen LogP contribution in [0.25, 0.3) is 0 Å². The summed E-state index contributed by atoms with van der Waals surface area (Å²) in [5, 5.41) is 11.1. The summed E-state index contributed by atoms with van der Waals surface area (Å²) in [5.74, 6) is 1.40. The highest BCUT2D eigenvalue weighted by molar-refractivity contribution is 5.81. The number of hydrogen-bond acceptors (Lipinski definition) is 9. The molecule has 6 unspecified atom stereocenters. The van der Waals surface area contributed by atoms with Crippen LogP contribution in [-0.4, -0.2) is 58.5 Å². The van der Waals surface area contributed by atoms with E-state index >= 15 is 0 Å². The van der Waals surface area contributed by atoms with E-state index in [0.717, 1.165) is 56.8 Å². The third-order valence-electron chi connectivity index (χ3n) is 15.0. The molecular formula is C42H64O9. The molecule has 1 saturated heterocycles. The normalized spacial score (nSPS) is 41.1. The fraction of sp³-hybridized carbons (Fsp3) is 0.905. The molecule has 0 spiro atoms. The molecule has 0 aromatic carbocycles. The summed E-state index contributed by atoms with van der Waals surface area (Å²) >= 11 is 0. The molecule has 51 heavy (non-hydrogen) atoms. The zero-order valence-electron chi connectivity index (χ0n) is 31.8. The Hall–Kier alpha value is -2.16. The van der Waals surface area contributed by atoms with Gasteiger partial charge in [0.05, 0.1) is 29.5 Å². The second-order valence-corrected chi connectivity index (χ2v) is 19.3. The molecule has 0 aromatic rings. The highest BCUT2D eigenvalue weighted by Gasteiger charge is 2.60. The molecule has 9 nitrogen and oxygen atoms in total. The molecule has 9 aliphatic rings. The van der Waals surface area contributed by atoms with Crippen LogP contribution >= 0.6 is 0 Å². The number of esters is 4. The number of cyclic esters (lactones) is 1. The Morgan fingerprint density at radius 1 is 0.863 bits per heavy atom. The molecule has 9 fully saturated rings. The molecule has 0 radical (unpaired) electrons. The molecule has 8 aliphatic carbocycles. The first-order valence-corrected chi connectivity index (χ1v) is 20.8. The van der Waals surface area contributed by atoms with Crippen LogP contribution in [0.15, 0.2) is 0 Å². The Bertz CT molecular complexity index is 1300. The van der Waals surface area contributed by atoms with Crippen molar-refractivity contribution < 1.29 is 43.2 Å².